The first-order valence-corrected chi connectivity index (χ1v) is 10.0. The normalized spacial score (nSPS) is 37.8. The van der Waals surface area contributed by atoms with Crippen molar-refractivity contribution >= 4 is 98.7 Å². The van der Waals surface area contributed by atoms with Crippen LogP contribution in [-0.4, -0.2) is 25.9 Å². The number of aryl methyl sites for hydroxylation is 1. The maximum Gasteiger partial charge on any atom is 0.240 e. The summed E-state index contributed by atoms with van der Waals surface area (Å²) in [4.78, 5) is 23.7. The third-order valence-electron chi connectivity index (χ3n) is 5.32. The number of amides is 2. The number of hydrogen-bond donors (Lipinski definition) is 0. The van der Waals surface area contributed by atoms with Crippen LogP contribution in [0.2, 0.25) is 5.02 Å². The molecule has 2 amide bonds. The number of allylic oxidation sites excluding steroid dienone is 2. The lowest BCUT2D eigenvalue weighted by molar-refractivity contribution is -0.123. The van der Waals surface area contributed by atoms with Gasteiger partial charge in [0.15, 0.2) is 4.33 Å². The van der Waals surface area contributed by atoms with E-state index in [1.165, 1.54) is 6.07 Å². The molecule has 1 aromatic rings. The molecular weight excluding hydrogens is 486 g/mol. The molecule has 0 aromatic heterocycles. The number of nitrogens with zero attached hydrogens (tertiary/aromatic N) is 1. The Bertz CT molecular complexity index is 883. The maximum absolute atomic E-state index is 13.1. The molecule has 0 radical (unpaired) electrons. The fourth-order valence-corrected chi connectivity index (χ4v) is 7.07. The molecule has 2 bridgehead atoms. The molecule has 3 aliphatic rings. The van der Waals surface area contributed by atoms with Gasteiger partial charge < -0.3 is 0 Å². The molecular formula is C16H8Cl7NO2. The van der Waals surface area contributed by atoms with E-state index in [2.05, 4.69) is 0 Å². The van der Waals surface area contributed by atoms with E-state index < -0.39 is 37.7 Å². The van der Waals surface area contributed by atoms with Crippen LogP contribution < -0.4 is 4.90 Å². The molecule has 1 aliphatic heterocycles. The number of rotatable bonds is 1. The van der Waals surface area contributed by atoms with Gasteiger partial charge in [0.1, 0.15) is 9.75 Å². The standard InChI is InChI=1S/C16H8Cl7NO2/c1-5-2-3-6(4-7(5)17)24-12(25)8-9(13(24)26)15(21)11(19)10(18)14(8,20)16(15,22)23/h2-4,8-9H,1H3/t8-,9-,14+,15+/m0/s1. The van der Waals surface area contributed by atoms with E-state index in [-0.39, 0.29) is 10.1 Å². The number of carbonyl (C=O) groups is 2. The van der Waals surface area contributed by atoms with Crippen LogP contribution in [0.5, 0.6) is 0 Å². The number of anilines is 1. The van der Waals surface area contributed by atoms with E-state index >= 15 is 0 Å². The van der Waals surface area contributed by atoms with Crippen molar-refractivity contribution in [3.05, 3.63) is 38.8 Å². The predicted octanol–water partition coefficient (Wildman–Crippen LogP) is 5.60. The molecule has 0 spiro atoms. The topological polar surface area (TPSA) is 37.4 Å². The Hall–Kier alpha value is 0.130. The Labute approximate surface area is 184 Å². The van der Waals surface area contributed by atoms with Gasteiger partial charge in [-0.25, -0.2) is 4.90 Å². The van der Waals surface area contributed by atoms with Gasteiger partial charge in [-0.1, -0.05) is 64.1 Å². The largest absolute Gasteiger partial charge is 0.274 e. The van der Waals surface area contributed by atoms with E-state index in [4.69, 9.17) is 81.2 Å². The summed E-state index contributed by atoms with van der Waals surface area (Å²) in [5.74, 6) is -3.52. The molecule has 10 heteroatoms. The van der Waals surface area contributed by atoms with E-state index in [0.29, 0.717) is 10.7 Å². The van der Waals surface area contributed by atoms with Gasteiger partial charge in [-0.15, -0.1) is 23.2 Å². The van der Waals surface area contributed by atoms with Crippen LogP contribution in [0.1, 0.15) is 5.56 Å². The van der Waals surface area contributed by atoms with Crippen LogP contribution in [0.15, 0.2) is 28.3 Å². The van der Waals surface area contributed by atoms with Crippen molar-refractivity contribution in [1.29, 1.82) is 0 Å². The van der Waals surface area contributed by atoms with Gasteiger partial charge in [0.05, 0.1) is 27.6 Å². The summed E-state index contributed by atoms with van der Waals surface area (Å²) in [5, 5.41) is 0.168. The van der Waals surface area contributed by atoms with Crippen molar-refractivity contribution in [3.63, 3.8) is 0 Å². The molecule has 3 nitrogen and oxygen atoms in total. The molecule has 1 saturated carbocycles. The molecule has 0 N–H and O–H groups in total. The Balaban J connectivity index is 1.90. The van der Waals surface area contributed by atoms with Crippen molar-refractivity contribution < 1.29 is 9.59 Å². The van der Waals surface area contributed by atoms with Gasteiger partial charge in [0.25, 0.3) is 0 Å². The first-order chi connectivity index (χ1) is 11.9. The first-order valence-electron chi connectivity index (χ1n) is 7.38. The first kappa shape index (κ1) is 19.4. The molecule has 138 valence electrons. The molecule has 4 rings (SSSR count). The second-order valence-corrected chi connectivity index (χ2v) is 10.2. The fourth-order valence-electron chi connectivity index (χ4n) is 3.97. The number of carbonyl (C=O) groups excluding carboxylic acids is 2. The minimum absolute atomic E-state index is 0.118. The van der Waals surface area contributed by atoms with Gasteiger partial charge in [0, 0.05) is 5.02 Å². The summed E-state index contributed by atoms with van der Waals surface area (Å²) in [5.41, 5.74) is 1.10. The number of fused-ring (bicyclic) bond motifs is 5. The lowest BCUT2D eigenvalue weighted by atomic mass is 9.84. The van der Waals surface area contributed by atoms with Gasteiger partial charge in [0.2, 0.25) is 11.8 Å². The third kappa shape index (κ3) is 1.87. The Morgan fingerprint density at radius 2 is 1.35 bits per heavy atom. The zero-order valence-electron chi connectivity index (χ0n) is 12.8. The minimum atomic E-state index is -1.94. The summed E-state index contributed by atoms with van der Waals surface area (Å²) < 4.78 is -1.94. The lowest BCUT2D eigenvalue weighted by Gasteiger charge is -2.34. The number of halogens is 7. The van der Waals surface area contributed by atoms with Gasteiger partial charge in [-0.05, 0) is 24.6 Å². The van der Waals surface area contributed by atoms with Gasteiger partial charge in [-0.2, -0.15) is 0 Å². The smallest absolute Gasteiger partial charge is 0.240 e. The van der Waals surface area contributed by atoms with Crippen LogP contribution in [-0.2, 0) is 9.59 Å². The predicted molar refractivity (Wildman–Crippen MR) is 106 cm³/mol. The Morgan fingerprint density at radius 1 is 0.885 bits per heavy atom. The van der Waals surface area contributed by atoms with Gasteiger partial charge >= 0.3 is 0 Å². The van der Waals surface area contributed by atoms with Crippen LogP contribution in [0, 0.1) is 18.8 Å². The monoisotopic (exact) mass is 491 g/mol. The number of hydrogen-bond acceptors (Lipinski definition) is 2. The SMILES string of the molecule is Cc1ccc(N2C(=O)[C@@H]3[C@@H](C2=O)[C@@]2(Cl)C(Cl)=C(Cl)[C@@]3(Cl)C2(Cl)Cl)cc1Cl. The molecule has 1 saturated heterocycles. The van der Waals surface area contributed by atoms with Gasteiger partial charge in [-0.3, -0.25) is 9.59 Å². The molecule has 26 heavy (non-hydrogen) atoms. The molecule has 1 heterocycles. The summed E-state index contributed by atoms with van der Waals surface area (Å²) >= 11 is 44.8. The summed E-state index contributed by atoms with van der Waals surface area (Å²) in [6.45, 7) is 1.80. The average molecular weight is 494 g/mol. The quantitative estimate of drug-likeness (QED) is 0.377. The highest BCUT2D eigenvalue weighted by Gasteiger charge is 2.87. The highest BCUT2D eigenvalue weighted by molar-refractivity contribution is 6.67. The highest BCUT2D eigenvalue weighted by Crippen LogP contribution is 2.77. The van der Waals surface area contributed by atoms with Crippen LogP contribution in [0.3, 0.4) is 0 Å². The number of benzene rings is 1. The number of imide groups is 1. The van der Waals surface area contributed by atoms with E-state index in [0.717, 1.165) is 10.5 Å². The Morgan fingerprint density at radius 3 is 1.77 bits per heavy atom. The molecule has 4 atom stereocenters. The fraction of sp³-hybridized carbons (Fsp3) is 0.375. The Kier molecular flexibility index (Phi) is 4.19. The highest BCUT2D eigenvalue weighted by atomic mass is 35.5. The van der Waals surface area contributed by atoms with E-state index in [1.54, 1.807) is 19.1 Å². The maximum atomic E-state index is 13.1. The number of alkyl halides is 4. The second kappa shape index (κ2) is 5.60. The van der Waals surface area contributed by atoms with Crippen LogP contribution >= 0.6 is 81.2 Å². The van der Waals surface area contributed by atoms with Crippen molar-refractivity contribution in [2.45, 2.75) is 21.0 Å². The van der Waals surface area contributed by atoms with Crippen molar-refractivity contribution in [3.8, 4) is 0 Å². The van der Waals surface area contributed by atoms with E-state index in [1.807, 2.05) is 0 Å². The summed E-state index contributed by atoms with van der Waals surface area (Å²) in [6, 6.07) is 4.81. The lowest BCUT2D eigenvalue weighted by Crippen LogP contribution is -2.50. The zero-order chi connectivity index (χ0) is 19.4. The van der Waals surface area contributed by atoms with Crippen molar-refractivity contribution in [2.24, 2.45) is 11.8 Å². The zero-order valence-corrected chi connectivity index (χ0v) is 18.1. The van der Waals surface area contributed by atoms with Crippen molar-refractivity contribution in [2.75, 3.05) is 4.90 Å². The minimum Gasteiger partial charge on any atom is -0.274 e. The van der Waals surface area contributed by atoms with Crippen LogP contribution in [0.4, 0.5) is 5.69 Å². The molecule has 0 unspecified atom stereocenters. The molecule has 2 fully saturated rings. The summed E-state index contributed by atoms with van der Waals surface area (Å²) in [6.07, 6.45) is 0. The third-order valence-corrected chi connectivity index (χ3v) is 9.99. The molecule has 1 aromatic carbocycles. The summed E-state index contributed by atoms with van der Waals surface area (Å²) in [7, 11) is 0. The molecule has 2 aliphatic carbocycles. The van der Waals surface area contributed by atoms with Crippen LogP contribution in [0.25, 0.3) is 0 Å². The second-order valence-electron chi connectivity index (χ2n) is 6.53. The van der Waals surface area contributed by atoms with E-state index in [9.17, 15) is 9.59 Å². The average Bonchev–Trinajstić information content (AvgIpc) is 2.95. The van der Waals surface area contributed by atoms with Crippen molar-refractivity contribution in [1.82, 2.24) is 0 Å².